The number of amides is 1. The van der Waals surface area contributed by atoms with E-state index < -0.39 is 10.0 Å². The van der Waals surface area contributed by atoms with Gasteiger partial charge < -0.3 is 4.90 Å². The van der Waals surface area contributed by atoms with Crippen molar-refractivity contribution in [2.24, 2.45) is 0 Å². The summed E-state index contributed by atoms with van der Waals surface area (Å²) < 4.78 is 27.8. The van der Waals surface area contributed by atoms with E-state index in [1.807, 2.05) is 50.2 Å². The summed E-state index contributed by atoms with van der Waals surface area (Å²) in [5.41, 5.74) is 3.66. The van der Waals surface area contributed by atoms with Crippen LogP contribution in [0.4, 0.5) is 11.4 Å². The molecule has 0 heterocycles. The summed E-state index contributed by atoms with van der Waals surface area (Å²) in [4.78, 5) is 14.3. The Balaban J connectivity index is 1.79. The first-order chi connectivity index (χ1) is 13.3. The summed E-state index contributed by atoms with van der Waals surface area (Å²) >= 11 is 0. The number of carbonyl (C=O) groups is 1. The fraction of sp³-hybridized carbons (Fsp3) is 0.136. The highest BCUT2D eigenvalue weighted by Gasteiger charge is 2.18. The van der Waals surface area contributed by atoms with Crippen molar-refractivity contribution in [1.82, 2.24) is 0 Å². The number of hydrogen-bond donors (Lipinski definition) is 1. The molecule has 0 spiro atoms. The van der Waals surface area contributed by atoms with E-state index in [4.69, 9.17) is 0 Å². The number of nitrogens with one attached hydrogen (secondary N) is 1. The van der Waals surface area contributed by atoms with Crippen LogP contribution >= 0.6 is 0 Å². The van der Waals surface area contributed by atoms with Gasteiger partial charge in [0, 0.05) is 18.3 Å². The third kappa shape index (κ3) is 4.23. The van der Waals surface area contributed by atoms with Crippen molar-refractivity contribution in [1.29, 1.82) is 0 Å². The maximum absolute atomic E-state index is 12.7. The highest BCUT2D eigenvalue weighted by Crippen LogP contribution is 2.21. The van der Waals surface area contributed by atoms with Gasteiger partial charge in [-0.15, -0.1) is 0 Å². The second-order valence-corrected chi connectivity index (χ2v) is 8.33. The quantitative estimate of drug-likeness (QED) is 0.698. The van der Waals surface area contributed by atoms with Gasteiger partial charge in [-0.1, -0.05) is 35.9 Å². The summed E-state index contributed by atoms with van der Waals surface area (Å²) in [7, 11) is -2.04. The molecular weight excluding hydrogens is 372 g/mol. The normalized spacial score (nSPS) is 11.1. The Kier molecular flexibility index (Phi) is 5.51. The molecule has 144 valence electrons. The molecule has 28 heavy (non-hydrogen) atoms. The van der Waals surface area contributed by atoms with Crippen molar-refractivity contribution >= 4 is 27.3 Å². The van der Waals surface area contributed by atoms with E-state index in [0.29, 0.717) is 11.3 Å². The first-order valence-corrected chi connectivity index (χ1v) is 10.3. The molecule has 0 aliphatic carbocycles. The molecule has 0 radical (unpaired) electrons. The summed E-state index contributed by atoms with van der Waals surface area (Å²) in [5, 5.41) is 0. The van der Waals surface area contributed by atoms with Crippen LogP contribution in [0.3, 0.4) is 0 Å². The Bertz CT molecular complexity index is 1090. The van der Waals surface area contributed by atoms with Gasteiger partial charge in [0.25, 0.3) is 15.9 Å². The molecule has 0 bridgehead atoms. The van der Waals surface area contributed by atoms with Crippen LogP contribution in [0.5, 0.6) is 0 Å². The van der Waals surface area contributed by atoms with E-state index in [1.165, 1.54) is 29.2 Å². The van der Waals surface area contributed by atoms with Crippen LogP contribution in [0.15, 0.2) is 77.7 Å². The maximum Gasteiger partial charge on any atom is 0.261 e. The molecule has 6 heteroatoms. The lowest BCUT2D eigenvalue weighted by atomic mass is 10.1. The van der Waals surface area contributed by atoms with Crippen molar-refractivity contribution < 1.29 is 13.2 Å². The number of carbonyl (C=O) groups excluding carboxylic acids is 1. The molecule has 0 saturated carbocycles. The van der Waals surface area contributed by atoms with Crippen LogP contribution in [-0.4, -0.2) is 21.4 Å². The first kappa shape index (κ1) is 19.6. The van der Waals surface area contributed by atoms with Gasteiger partial charge in [0.15, 0.2) is 0 Å². The van der Waals surface area contributed by atoms with Crippen LogP contribution in [0.2, 0.25) is 0 Å². The van der Waals surface area contributed by atoms with Crippen molar-refractivity contribution in [3.8, 4) is 0 Å². The van der Waals surface area contributed by atoms with Gasteiger partial charge in [-0.3, -0.25) is 9.52 Å². The van der Waals surface area contributed by atoms with E-state index in [0.717, 1.165) is 16.8 Å². The minimum absolute atomic E-state index is 0.102. The molecular formula is C22H22N2O3S. The third-order valence-corrected chi connectivity index (χ3v) is 5.91. The Hall–Kier alpha value is -3.12. The molecule has 0 aliphatic heterocycles. The average Bonchev–Trinajstić information content (AvgIpc) is 2.69. The Labute approximate surface area is 165 Å². The predicted molar refractivity (Wildman–Crippen MR) is 112 cm³/mol. The van der Waals surface area contributed by atoms with Crippen molar-refractivity contribution in [3.05, 3.63) is 89.5 Å². The molecule has 3 rings (SSSR count). The highest BCUT2D eigenvalue weighted by atomic mass is 32.2. The lowest BCUT2D eigenvalue weighted by Crippen LogP contribution is -2.26. The van der Waals surface area contributed by atoms with Crippen molar-refractivity contribution in [3.63, 3.8) is 0 Å². The maximum atomic E-state index is 12.7. The first-order valence-electron chi connectivity index (χ1n) is 8.81. The number of rotatable bonds is 5. The predicted octanol–water partition coefficient (Wildman–Crippen LogP) is 4.38. The smallest absolute Gasteiger partial charge is 0.261 e. The molecule has 5 nitrogen and oxygen atoms in total. The second-order valence-electron chi connectivity index (χ2n) is 6.64. The molecule has 0 aromatic heterocycles. The van der Waals surface area contributed by atoms with Crippen LogP contribution in [-0.2, 0) is 10.0 Å². The van der Waals surface area contributed by atoms with Crippen molar-refractivity contribution in [2.75, 3.05) is 16.7 Å². The zero-order valence-corrected chi connectivity index (χ0v) is 16.8. The van der Waals surface area contributed by atoms with E-state index in [9.17, 15) is 13.2 Å². The summed E-state index contributed by atoms with van der Waals surface area (Å²) in [5.74, 6) is -0.209. The molecule has 0 saturated heterocycles. The van der Waals surface area contributed by atoms with Gasteiger partial charge in [-0.25, -0.2) is 8.42 Å². The van der Waals surface area contributed by atoms with Gasteiger partial charge in [0.2, 0.25) is 0 Å². The second kappa shape index (κ2) is 7.86. The number of nitrogens with zero attached hydrogens (tertiary/aromatic N) is 1. The molecule has 3 aromatic carbocycles. The topological polar surface area (TPSA) is 66.5 Å². The van der Waals surface area contributed by atoms with Crippen molar-refractivity contribution in [2.45, 2.75) is 18.7 Å². The third-order valence-electron chi connectivity index (χ3n) is 4.53. The zero-order chi connectivity index (χ0) is 20.3. The van der Waals surface area contributed by atoms with Crippen LogP contribution in [0, 0.1) is 13.8 Å². The van der Waals surface area contributed by atoms with Gasteiger partial charge >= 0.3 is 0 Å². The fourth-order valence-electron chi connectivity index (χ4n) is 2.75. The van der Waals surface area contributed by atoms with E-state index in [-0.39, 0.29) is 10.8 Å². The Morgan fingerprint density at radius 3 is 2.07 bits per heavy atom. The monoisotopic (exact) mass is 394 g/mol. The fourth-order valence-corrected chi connectivity index (χ4v) is 3.88. The Morgan fingerprint density at radius 1 is 0.857 bits per heavy atom. The average molecular weight is 394 g/mol. The number of para-hydroxylation sites is 1. The van der Waals surface area contributed by atoms with Crippen LogP contribution < -0.4 is 9.62 Å². The SMILES string of the molecule is Cc1ccc(N(C)C(=O)c2ccc(S(=O)(=O)Nc3ccccc3C)cc2)cc1. The standard InChI is InChI=1S/C22H22N2O3S/c1-16-8-12-19(13-9-16)24(3)22(25)18-10-14-20(15-11-18)28(26,27)23-21-7-5-4-6-17(21)2/h4-15,23H,1-3H3. The number of aryl methyl sites for hydroxylation is 2. The van der Waals surface area contributed by atoms with E-state index in [2.05, 4.69) is 4.72 Å². The van der Waals surface area contributed by atoms with E-state index in [1.54, 1.807) is 19.2 Å². The number of hydrogen-bond acceptors (Lipinski definition) is 3. The zero-order valence-electron chi connectivity index (χ0n) is 16.0. The van der Waals surface area contributed by atoms with Gasteiger partial charge in [0.1, 0.15) is 0 Å². The van der Waals surface area contributed by atoms with Gasteiger partial charge in [-0.2, -0.15) is 0 Å². The molecule has 1 amide bonds. The van der Waals surface area contributed by atoms with Crippen LogP contribution in [0.1, 0.15) is 21.5 Å². The summed E-state index contributed by atoms with van der Waals surface area (Å²) in [6.45, 7) is 3.82. The van der Waals surface area contributed by atoms with E-state index >= 15 is 0 Å². The van der Waals surface area contributed by atoms with Gasteiger partial charge in [-0.05, 0) is 61.9 Å². The Morgan fingerprint density at radius 2 is 1.46 bits per heavy atom. The lowest BCUT2D eigenvalue weighted by molar-refractivity contribution is 0.0993. The molecule has 1 N–H and O–H groups in total. The highest BCUT2D eigenvalue weighted by molar-refractivity contribution is 7.92. The summed E-state index contributed by atoms with van der Waals surface area (Å²) in [6.07, 6.45) is 0. The molecule has 0 fully saturated rings. The molecule has 3 aromatic rings. The number of sulfonamides is 1. The minimum atomic E-state index is -3.73. The largest absolute Gasteiger partial charge is 0.311 e. The number of benzene rings is 3. The van der Waals surface area contributed by atoms with Gasteiger partial charge in [0.05, 0.1) is 10.6 Å². The minimum Gasteiger partial charge on any atom is -0.311 e. The molecule has 0 unspecified atom stereocenters. The summed E-state index contributed by atoms with van der Waals surface area (Å²) in [6, 6.07) is 20.7. The number of anilines is 2. The molecule has 0 atom stereocenters. The lowest BCUT2D eigenvalue weighted by Gasteiger charge is -2.18. The molecule has 0 aliphatic rings. The van der Waals surface area contributed by atoms with Crippen LogP contribution in [0.25, 0.3) is 0 Å².